The van der Waals surface area contributed by atoms with E-state index < -0.39 is 24.3 Å². The van der Waals surface area contributed by atoms with Gasteiger partial charge in [-0.1, -0.05) is 0 Å². The molecule has 0 radical (unpaired) electrons. The van der Waals surface area contributed by atoms with Crippen LogP contribution in [0.15, 0.2) is 11.0 Å². The Balaban J connectivity index is 2.28. The van der Waals surface area contributed by atoms with Gasteiger partial charge in [0.1, 0.15) is 0 Å². The Morgan fingerprint density at radius 1 is 1.39 bits per heavy atom. The highest BCUT2D eigenvalue weighted by molar-refractivity contribution is 7.11. The fourth-order valence-electron chi connectivity index (χ4n) is 2.06. The number of esters is 1. The maximum atomic E-state index is 11.9. The Morgan fingerprint density at radius 2 is 2.00 bits per heavy atom. The molecule has 6 nitrogen and oxygen atoms in total. The second-order valence-corrected chi connectivity index (χ2v) is 7.14. The van der Waals surface area contributed by atoms with Crippen LogP contribution >= 0.6 is 11.3 Å². The molecule has 1 saturated heterocycles. The molecule has 1 aliphatic rings. The van der Waals surface area contributed by atoms with E-state index >= 15 is 0 Å². The van der Waals surface area contributed by atoms with Crippen LogP contribution < -0.4 is 0 Å². The standard InChI is InChI=1S/C15H22BNO5S/c1-6-20-13(19)12-11(23-9-17-12)7-10(8-18)16-21-14(2,3)15(4,5)22-16/h7,9,18H,6,8H2,1-5H3. The zero-order valence-electron chi connectivity index (χ0n) is 14.1. The molecule has 8 heteroatoms. The van der Waals surface area contributed by atoms with E-state index in [2.05, 4.69) is 4.98 Å². The highest BCUT2D eigenvalue weighted by Gasteiger charge is 2.52. The summed E-state index contributed by atoms with van der Waals surface area (Å²) >= 11 is 1.30. The zero-order chi connectivity index (χ0) is 17.3. The molecule has 1 aromatic rings. The molecule has 0 spiro atoms. The second kappa shape index (κ2) is 6.72. The third kappa shape index (κ3) is 3.66. The Kier molecular flexibility index (Phi) is 5.30. The molecule has 0 atom stereocenters. The van der Waals surface area contributed by atoms with E-state index in [-0.39, 0.29) is 18.9 Å². The zero-order valence-corrected chi connectivity index (χ0v) is 14.9. The summed E-state index contributed by atoms with van der Waals surface area (Å²) in [5.41, 5.74) is 1.35. The van der Waals surface area contributed by atoms with Crippen molar-refractivity contribution in [1.29, 1.82) is 0 Å². The van der Waals surface area contributed by atoms with Gasteiger partial charge in [0.25, 0.3) is 0 Å². The van der Waals surface area contributed by atoms with Gasteiger partial charge in [-0.2, -0.15) is 0 Å². The molecule has 0 unspecified atom stereocenters. The van der Waals surface area contributed by atoms with Gasteiger partial charge in [0.05, 0.1) is 34.8 Å². The molecular formula is C15H22BNO5S. The predicted octanol–water partition coefficient (Wildman–Crippen LogP) is 2.33. The number of nitrogens with zero attached hydrogens (tertiary/aromatic N) is 1. The van der Waals surface area contributed by atoms with Crippen LogP contribution in [0.5, 0.6) is 0 Å². The molecule has 126 valence electrons. The topological polar surface area (TPSA) is 77.9 Å². The Morgan fingerprint density at radius 3 is 2.52 bits per heavy atom. The summed E-state index contributed by atoms with van der Waals surface area (Å²) in [5, 5.41) is 9.70. The van der Waals surface area contributed by atoms with E-state index in [9.17, 15) is 9.90 Å². The van der Waals surface area contributed by atoms with Gasteiger partial charge < -0.3 is 19.2 Å². The minimum Gasteiger partial charge on any atom is -0.461 e. The highest BCUT2D eigenvalue weighted by atomic mass is 32.1. The molecule has 0 saturated carbocycles. The van der Waals surface area contributed by atoms with E-state index in [0.29, 0.717) is 10.3 Å². The van der Waals surface area contributed by atoms with E-state index in [0.717, 1.165) is 0 Å². The molecule has 1 N–H and O–H groups in total. The van der Waals surface area contributed by atoms with Gasteiger partial charge in [-0.3, -0.25) is 0 Å². The maximum absolute atomic E-state index is 11.9. The van der Waals surface area contributed by atoms with Crippen molar-refractivity contribution >= 4 is 30.5 Å². The molecule has 0 amide bonds. The summed E-state index contributed by atoms with van der Waals surface area (Å²) in [6.07, 6.45) is 1.69. The van der Waals surface area contributed by atoms with E-state index in [1.165, 1.54) is 11.3 Å². The number of aliphatic hydroxyl groups excluding tert-OH is 1. The summed E-state index contributed by atoms with van der Waals surface area (Å²) in [6.45, 7) is 9.55. The number of carbonyl (C=O) groups excluding carboxylic acids is 1. The van der Waals surface area contributed by atoms with Gasteiger partial charge in [0.15, 0.2) is 5.69 Å². The summed E-state index contributed by atoms with van der Waals surface area (Å²) < 4.78 is 16.8. The van der Waals surface area contributed by atoms with E-state index in [4.69, 9.17) is 14.0 Å². The first kappa shape index (κ1) is 18.1. The molecule has 0 aliphatic carbocycles. The average molecular weight is 339 g/mol. The van der Waals surface area contributed by atoms with Gasteiger partial charge in [-0.25, -0.2) is 9.78 Å². The molecule has 1 fully saturated rings. The minimum absolute atomic E-state index is 0.235. The SMILES string of the molecule is CCOC(=O)c1ncsc1C=C(CO)B1OC(C)(C)C(C)(C)O1. The first-order valence-electron chi connectivity index (χ1n) is 7.49. The molecular weight excluding hydrogens is 317 g/mol. The van der Waals surface area contributed by atoms with Crippen LogP contribution in [0.3, 0.4) is 0 Å². The van der Waals surface area contributed by atoms with Crippen LogP contribution in [0.1, 0.15) is 50.0 Å². The summed E-state index contributed by atoms with van der Waals surface area (Å²) in [4.78, 5) is 16.5. The van der Waals surface area contributed by atoms with Crippen LogP contribution in [-0.2, 0) is 14.0 Å². The van der Waals surface area contributed by atoms with Crippen LogP contribution in [0.2, 0.25) is 0 Å². The number of ether oxygens (including phenoxy) is 1. The van der Waals surface area contributed by atoms with Crippen molar-refractivity contribution in [2.24, 2.45) is 0 Å². The van der Waals surface area contributed by atoms with Crippen LogP contribution in [0, 0.1) is 0 Å². The smallest absolute Gasteiger partial charge is 0.461 e. The minimum atomic E-state index is -0.665. The van der Waals surface area contributed by atoms with E-state index in [1.807, 2.05) is 27.7 Å². The molecule has 2 heterocycles. The Bertz CT molecular complexity index is 595. The lowest BCUT2D eigenvalue weighted by Gasteiger charge is -2.32. The van der Waals surface area contributed by atoms with Crippen LogP contribution in [0.25, 0.3) is 6.08 Å². The highest BCUT2D eigenvalue weighted by Crippen LogP contribution is 2.39. The summed E-state index contributed by atoms with van der Waals surface area (Å²) in [6, 6.07) is 0. The van der Waals surface area contributed by atoms with Crippen molar-refractivity contribution < 1.29 is 23.9 Å². The number of aromatic nitrogens is 1. The van der Waals surface area contributed by atoms with Gasteiger partial charge in [0.2, 0.25) is 0 Å². The lowest BCUT2D eigenvalue weighted by Crippen LogP contribution is -2.41. The first-order valence-corrected chi connectivity index (χ1v) is 8.37. The number of hydrogen-bond donors (Lipinski definition) is 1. The van der Waals surface area contributed by atoms with Crippen molar-refractivity contribution in [3.05, 3.63) is 21.6 Å². The number of hydrogen-bond acceptors (Lipinski definition) is 7. The predicted molar refractivity (Wildman–Crippen MR) is 89.2 cm³/mol. The molecule has 23 heavy (non-hydrogen) atoms. The van der Waals surface area contributed by atoms with Gasteiger partial charge in [-0.05, 0) is 46.2 Å². The number of carbonyl (C=O) groups is 1. The monoisotopic (exact) mass is 339 g/mol. The quantitative estimate of drug-likeness (QED) is 0.655. The molecule has 0 aromatic carbocycles. The normalized spacial score (nSPS) is 19.9. The fourth-order valence-corrected chi connectivity index (χ4v) is 2.80. The van der Waals surface area contributed by atoms with Crippen LogP contribution in [-0.4, -0.2) is 47.6 Å². The Hall–Kier alpha value is -1.22. The lowest BCUT2D eigenvalue weighted by molar-refractivity contribution is 0.00578. The van der Waals surface area contributed by atoms with Crippen molar-refractivity contribution in [3.8, 4) is 0 Å². The van der Waals surface area contributed by atoms with Gasteiger partial charge >= 0.3 is 13.1 Å². The van der Waals surface area contributed by atoms with Crippen LogP contribution in [0.4, 0.5) is 0 Å². The maximum Gasteiger partial charge on any atom is 0.492 e. The second-order valence-electron chi connectivity index (χ2n) is 6.25. The first-order chi connectivity index (χ1) is 10.7. The van der Waals surface area contributed by atoms with Gasteiger partial charge in [0, 0.05) is 0 Å². The van der Waals surface area contributed by atoms with Crippen molar-refractivity contribution in [2.45, 2.75) is 45.8 Å². The molecule has 1 aromatic heterocycles. The third-order valence-corrected chi connectivity index (χ3v) is 4.89. The Labute approximate surface area is 140 Å². The largest absolute Gasteiger partial charge is 0.492 e. The molecule has 1 aliphatic heterocycles. The van der Waals surface area contributed by atoms with Crippen molar-refractivity contribution in [1.82, 2.24) is 4.98 Å². The molecule has 2 rings (SSSR count). The van der Waals surface area contributed by atoms with Crippen molar-refractivity contribution in [2.75, 3.05) is 13.2 Å². The number of rotatable bonds is 5. The van der Waals surface area contributed by atoms with Crippen molar-refractivity contribution in [3.63, 3.8) is 0 Å². The van der Waals surface area contributed by atoms with E-state index in [1.54, 1.807) is 18.5 Å². The summed E-state index contributed by atoms with van der Waals surface area (Å²) in [7, 11) is -0.665. The average Bonchev–Trinajstić information content (AvgIpc) is 2.99. The molecule has 0 bridgehead atoms. The summed E-state index contributed by atoms with van der Waals surface area (Å²) in [5.74, 6) is -0.480. The lowest BCUT2D eigenvalue weighted by atomic mass is 9.78. The number of aliphatic hydroxyl groups is 1. The third-order valence-electron chi connectivity index (χ3n) is 4.12. The fraction of sp³-hybridized carbons (Fsp3) is 0.600. The number of thiazole rings is 1. The van der Waals surface area contributed by atoms with Gasteiger partial charge in [-0.15, -0.1) is 11.3 Å².